The van der Waals surface area contributed by atoms with E-state index in [9.17, 15) is 9.59 Å². The molecule has 2 aromatic rings. The highest BCUT2D eigenvalue weighted by atomic mass is 79.9. The van der Waals surface area contributed by atoms with Gasteiger partial charge >= 0.3 is 0 Å². The lowest BCUT2D eigenvalue weighted by Crippen LogP contribution is -2.33. The number of anilines is 1. The number of aromatic nitrogens is 1. The summed E-state index contributed by atoms with van der Waals surface area (Å²) in [7, 11) is 0. The first kappa shape index (κ1) is 16.2. The molecule has 2 amide bonds. The van der Waals surface area contributed by atoms with Gasteiger partial charge in [-0.15, -0.1) is 0 Å². The van der Waals surface area contributed by atoms with E-state index in [4.69, 9.17) is 4.52 Å². The van der Waals surface area contributed by atoms with Gasteiger partial charge < -0.3 is 15.2 Å². The summed E-state index contributed by atoms with van der Waals surface area (Å²) in [6.07, 6.45) is 0.588. The van der Waals surface area contributed by atoms with Crippen molar-refractivity contribution < 1.29 is 14.1 Å². The molecule has 0 unspecified atom stereocenters. The van der Waals surface area contributed by atoms with Crippen molar-refractivity contribution in [3.8, 4) is 0 Å². The van der Waals surface area contributed by atoms with Crippen LogP contribution < -0.4 is 10.6 Å². The summed E-state index contributed by atoms with van der Waals surface area (Å²) in [6, 6.07) is 7.18. The number of amides is 2. The van der Waals surface area contributed by atoms with E-state index in [-0.39, 0.29) is 18.4 Å². The first-order valence-corrected chi connectivity index (χ1v) is 7.59. The zero-order valence-electron chi connectivity index (χ0n) is 12.3. The van der Waals surface area contributed by atoms with Gasteiger partial charge in [-0.05, 0) is 37.6 Å². The van der Waals surface area contributed by atoms with Crippen molar-refractivity contribution in [3.63, 3.8) is 0 Å². The highest BCUT2D eigenvalue weighted by Gasteiger charge is 2.19. The SMILES string of the molecule is CCc1noc(C)c1C(=O)NCC(=O)Nc1ccc(Br)cc1. The smallest absolute Gasteiger partial charge is 0.257 e. The molecular formula is C15H16BrN3O3. The molecule has 2 rings (SSSR count). The molecule has 0 radical (unpaired) electrons. The van der Waals surface area contributed by atoms with Crippen molar-refractivity contribution in [2.24, 2.45) is 0 Å². The number of halogens is 1. The largest absolute Gasteiger partial charge is 0.361 e. The maximum atomic E-state index is 12.1. The Morgan fingerprint density at radius 2 is 1.95 bits per heavy atom. The topological polar surface area (TPSA) is 84.2 Å². The Labute approximate surface area is 136 Å². The van der Waals surface area contributed by atoms with E-state index in [0.717, 1.165) is 4.47 Å². The zero-order chi connectivity index (χ0) is 16.1. The van der Waals surface area contributed by atoms with Gasteiger partial charge in [0.1, 0.15) is 11.3 Å². The number of carbonyl (C=O) groups is 2. The predicted molar refractivity (Wildman–Crippen MR) is 85.7 cm³/mol. The van der Waals surface area contributed by atoms with Gasteiger partial charge in [-0.3, -0.25) is 9.59 Å². The number of carbonyl (C=O) groups excluding carboxylic acids is 2. The fourth-order valence-corrected chi connectivity index (χ4v) is 2.20. The minimum Gasteiger partial charge on any atom is -0.361 e. The number of benzene rings is 1. The van der Waals surface area contributed by atoms with Crippen molar-refractivity contribution in [2.75, 3.05) is 11.9 Å². The first-order valence-electron chi connectivity index (χ1n) is 6.80. The molecule has 6 nitrogen and oxygen atoms in total. The van der Waals surface area contributed by atoms with Crippen LogP contribution in [0.25, 0.3) is 0 Å². The molecule has 0 fully saturated rings. The fourth-order valence-electron chi connectivity index (χ4n) is 1.94. The minimum atomic E-state index is -0.360. The monoisotopic (exact) mass is 365 g/mol. The molecule has 1 heterocycles. The Hall–Kier alpha value is -2.15. The van der Waals surface area contributed by atoms with Crippen molar-refractivity contribution in [1.82, 2.24) is 10.5 Å². The highest BCUT2D eigenvalue weighted by Crippen LogP contribution is 2.15. The molecule has 2 N–H and O–H groups in total. The average Bonchev–Trinajstić information content (AvgIpc) is 2.88. The number of nitrogens with zero attached hydrogens (tertiary/aromatic N) is 1. The summed E-state index contributed by atoms with van der Waals surface area (Å²) >= 11 is 3.32. The second kappa shape index (κ2) is 7.22. The Bertz CT molecular complexity index is 680. The maximum Gasteiger partial charge on any atom is 0.257 e. The second-order valence-corrected chi connectivity index (χ2v) is 5.57. The van der Waals surface area contributed by atoms with E-state index in [1.165, 1.54) is 0 Å². The number of nitrogens with one attached hydrogen (secondary N) is 2. The number of rotatable bonds is 5. The van der Waals surface area contributed by atoms with Crippen LogP contribution >= 0.6 is 15.9 Å². The molecule has 0 spiro atoms. The Morgan fingerprint density at radius 3 is 2.59 bits per heavy atom. The van der Waals surface area contributed by atoms with Gasteiger partial charge in [0.05, 0.1) is 12.2 Å². The van der Waals surface area contributed by atoms with Crippen LogP contribution in [0.4, 0.5) is 5.69 Å². The first-order chi connectivity index (χ1) is 10.5. The number of hydrogen-bond donors (Lipinski definition) is 2. The van der Waals surface area contributed by atoms with E-state index >= 15 is 0 Å². The van der Waals surface area contributed by atoms with E-state index < -0.39 is 0 Å². The molecule has 0 aliphatic heterocycles. The van der Waals surface area contributed by atoms with Gasteiger partial charge in [0.25, 0.3) is 5.91 Å². The van der Waals surface area contributed by atoms with Crippen LogP contribution in [0.3, 0.4) is 0 Å². The van der Waals surface area contributed by atoms with Gasteiger partial charge in [0.15, 0.2) is 0 Å². The van der Waals surface area contributed by atoms with Crippen LogP contribution in [-0.4, -0.2) is 23.5 Å². The molecule has 0 saturated heterocycles. The van der Waals surface area contributed by atoms with Crippen LogP contribution in [0.1, 0.15) is 28.7 Å². The van der Waals surface area contributed by atoms with Crippen LogP contribution in [0.15, 0.2) is 33.3 Å². The molecule has 7 heteroatoms. The van der Waals surface area contributed by atoms with Crippen molar-refractivity contribution >= 4 is 33.4 Å². The van der Waals surface area contributed by atoms with E-state index in [1.807, 2.05) is 19.1 Å². The van der Waals surface area contributed by atoms with Crippen LogP contribution in [0, 0.1) is 6.92 Å². The summed E-state index contributed by atoms with van der Waals surface area (Å²) in [4.78, 5) is 23.9. The van der Waals surface area contributed by atoms with Gasteiger partial charge in [0, 0.05) is 10.2 Å². The van der Waals surface area contributed by atoms with Crippen molar-refractivity contribution in [3.05, 3.63) is 45.8 Å². The summed E-state index contributed by atoms with van der Waals surface area (Å²) < 4.78 is 5.93. The van der Waals surface area contributed by atoms with Crippen LogP contribution in [0.5, 0.6) is 0 Å². The lowest BCUT2D eigenvalue weighted by molar-refractivity contribution is -0.115. The third kappa shape index (κ3) is 3.94. The maximum absolute atomic E-state index is 12.1. The van der Waals surface area contributed by atoms with E-state index in [0.29, 0.717) is 29.1 Å². The summed E-state index contributed by atoms with van der Waals surface area (Å²) in [6.45, 7) is 3.43. The average molecular weight is 366 g/mol. The quantitative estimate of drug-likeness (QED) is 0.852. The highest BCUT2D eigenvalue weighted by molar-refractivity contribution is 9.10. The summed E-state index contributed by atoms with van der Waals surface area (Å²) in [5.41, 5.74) is 1.65. The molecular weight excluding hydrogens is 350 g/mol. The number of aryl methyl sites for hydroxylation is 2. The molecule has 1 aromatic carbocycles. The normalized spacial score (nSPS) is 10.3. The van der Waals surface area contributed by atoms with Crippen molar-refractivity contribution in [2.45, 2.75) is 20.3 Å². The van der Waals surface area contributed by atoms with Gasteiger partial charge in [0.2, 0.25) is 5.91 Å². The summed E-state index contributed by atoms with van der Waals surface area (Å²) in [5.74, 6) is -0.216. The lowest BCUT2D eigenvalue weighted by atomic mass is 10.1. The molecule has 0 atom stereocenters. The molecule has 0 bridgehead atoms. The zero-order valence-corrected chi connectivity index (χ0v) is 13.9. The Kier molecular flexibility index (Phi) is 5.32. The fraction of sp³-hybridized carbons (Fsp3) is 0.267. The molecule has 116 valence electrons. The lowest BCUT2D eigenvalue weighted by Gasteiger charge is -2.07. The van der Waals surface area contributed by atoms with Gasteiger partial charge in [-0.25, -0.2) is 0 Å². The van der Waals surface area contributed by atoms with Gasteiger partial charge in [-0.1, -0.05) is 28.0 Å². The molecule has 0 aliphatic rings. The Balaban J connectivity index is 1.92. The predicted octanol–water partition coefficient (Wildman–Crippen LogP) is 2.68. The molecule has 22 heavy (non-hydrogen) atoms. The standard InChI is InChI=1S/C15H16BrN3O3/c1-3-12-14(9(2)22-19-12)15(21)17-8-13(20)18-11-6-4-10(16)5-7-11/h4-7H,3,8H2,1-2H3,(H,17,21)(H,18,20). The summed E-state index contributed by atoms with van der Waals surface area (Å²) in [5, 5.41) is 9.09. The third-order valence-corrected chi connectivity index (χ3v) is 3.56. The third-order valence-electron chi connectivity index (χ3n) is 3.03. The van der Waals surface area contributed by atoms with Crippen LogP contribution in [-0.2, 0) is 11.2 Å². The van der Waals surface area contributed by atoms with Gasteiger partial charge in [-0.2, -0.15) is 0 Å². The minimum absolute atomic E-state index is 0.122. The second-order valence-electron chi connectivity index (χ2n) is 4.65. The van der Waals surface area contributed by atoms with Crippen molar-refractivity contribution in [1.29, 1.82) is 0 Å². The number of hydrogen-bond acceptors (Lipinski definition) is 4. The Morgan fingerprint density at radius 1 is 1.27 bits per heavy atom. The van der Waals surface area contributed by atoms with E-state index in [2.05, 4.69) is 31.7 Å². The molecule has 1 aromatic heterocycles. The molecule has 0 aliphatic carbocycles. The van der Waals surface area contributed by atoms with Crippen LogP contribution in [0.2, 0.25) is 0 Å². The molecule has 0 saturated carbocycles. The van der Waals surface area contributed by atoms with E-state index in [1.54, 1.807) is 19.1 Å².